The van der Waals surface area contributed by atoms with E-state index < -0.39 is 0 Å². The van der Waals surface area contributed by atoms with Crippen molar-refractivity contribution in [2.75, 3.05) is 26.2 Å². The minimum atomic E-state index is -0.246. The van der Waals surface area contributed by atoms with Crippen LogP contribution in [0.15, 0.2) is 50.9 Å². The van der Waals surface area contributed by atoms with Gasteiger partial charge in [0.2, 0.25) is 0 Å². The first-order valence-corrected chi connectivity index (χ1v) is 10.2. The maximum Gasteiger partial charge on any atom is 0.289 e. The summed E-state index contributed by atoms with van der Waals surface area (Å²) in [6, 6.07) is 9.80. The highest BCUT2D eigenvalue weighted by Gasteiger charge is 2.24. The fraction of sp³-hybridized carbons (Fsp3) is 0.263. The third kappa shape index (κ3) is 4.28. The molecule has 3 aromatic rings. The molecule has 5 nitrogen and oxygen atoms in total. The topological polar surface area (TPSA) is 49.6 Å². The lowest BCUT2D eigenvalue weighted by atomic mass is 10.2. The van der Waals surface area contributed by atoms with Gasteiger partial charge in [-0.2, -0.15) is 0 Å². The zero-order chi connectivity index (χ0) is 18.8. The van der Waals surface area contributed by atoms with Crippen molar-refractivity contribution in [1.29, 1.82) is 0 Å². The molecular formula is C19H17BrFN3O2S. The van der Waals surface area contributed by atoms with Crippen molar-refractivity contribution in [1.82, 2.24) is 14.8 Å². The van der Waals surface area contributed by atoms with Gasteiger partial charge in [0.15, 0.2) is 10.4 Å². The molecule has 0 atom stereocenters. The van der Waals surface area contributed by atoms with Crippen LogP contribution in [0.3, 0.4) is 0 Å². The van der Waals surface area contributed by atoms with Crippen LogP contribution in [0, 0.1) is 5.82 Å². The fourth-order valence-corrected chi connectivity index (χ4v) is 4.15. The first-order valence-electron chi connectivity index (χ1n) is 8.56. The van der Waals surface area contributed by atoms with Crippen molar-refractivity contribution >= 4 is 33.2 Å². The van der Waals surface area contributed by atoms with E-state index in [1.165, 1.54) is 12.1 Å². The van der Waals surface area contributed by atoms with E-state index in [1.807, 2.05) is 10.3 Å². The zero-order valence-electron chi connectivity index (χ0n) is 14.4. The van der Waals surface area contributed by atoms with E-state index >= 15 is 0 Å². The number of carbonyl (C=O) groups is 1. The predicted molar refractivity (Wildman–Crippen MR) is 105 cm³/mol. The molecular weight excluding hydrogens is 433 g/mol. The number of hydrogen-bond donors (Lipinski definition) is 0. The molecule has 1 amide bonds. The summed E-state index contributed by atoms with van der Waals surface area (Å²) in [4.78, 5) is 21.2. The van der Waals surface area contributed by atoms with Gasteiger partial charge in [0, 0.05) is 43.7 Å². The second-order valence-electron chi connectivity index (χ2n) is 6.32. The van der Waals surface area contributed by atoms with Crippen molar-refractivity contribution in [3.8, 4) is 10.6 Å². The minimum absolute atomic E-state index is 0.0763. The Morgan fingerprint density at radius 2 is 1.89 bits per heavy atom. The number of amides is 1. The summed E-state index contributed by atoms with van der Waals surface area (Å²) in [5.41, 5.74) is 1.92. The van der Waals surface area contributed by atoms with Gasteiger partial charge in [-0.1, -0.05) is 0 Å². The molecule has 0 aliphatic carbocycles. The molecule has 1 fully saturated rings. The van der Waals surface area contributed by atoms with Crippen LogP contribution in [0.2, 0.25) is 0 Å². The SMILES string of the molecule is O=C(c1ccc(Br)o1)N1CCN(Cc2csc(-c3ccc(F)cc3)n2)CC1. The van der Waals surface area contributed by atoms with Gasteiger partial charge in [0.1, 0.15) is 10.8 Å². The lowest BCUT2D eigenvalue weighted by Gasteiger charge is -2.33. The third-order valence-electron chi connectivity index (χ3n) is 4.47. The largest absolute Gasteiger partial charge is 0.444 e. The molecule has 1 aliphatic heterocycles. The maximum atomic E-state index is 13.1. The van der Waals surface area contributed by atoms with E-state index in [9.17, 15) is 9.18 Å². The van der Waals surface area contributed by atoms with Crippen LogP contribution < -0.4 is 0 Å². The van der Waals surface area contributed by atoms with Crippen molar-refractivity contribution in [3.05, 3.63) is 63.7 Å². The van der Waals surface area contributed by atoms with Crippen molar-refractivity contribution < 1.29 is 13.6 Å². The number of piperazine rings is 1. The van der Waals surface area contributed by atoms with Crippen LogP contribution in [0.5, 0.6) is 0 Å². The van der Waals surface area contributed by atoms with E-state index in [2.05, 4.69) is 25.8 Å². The molecule has 8 heteroatoms. The van der Waals surface area contributed by atoms with Crippen LogP contribution >= 0.6 is 27.3 Å². The fourth-order valence-electron chi connectivity index (χ4n) is 3.03. The summed E-state index contributed by atoms with van der Waals surface area (Å²) in [7, 11) is 0. The molecule has 1 saturated heterocycles. The Morgan fingerprint density at radius 3 is 2.56 bits per heavy atom. The highest BCUT2D eigenvalue weighted by molar-refractivity contribution is 9.10. The number of carbonyl (C=O) groups excluding carboxylic acids is 1. The van der Waals surface area contributed by atoms with E-state index in [0.717, 1.165) is 35.9 Å². The number of halogens is 2. The van der Waals surface area contributed by atoms with Gasteiger partial charge in [-0.15, -0.1) is 11.3 Å². The first kappa shape index (κ1) is 18.3. The van der Waals surface area contributed by atoms with Crippen LogP contribution in [0.4, 0.5) is 4.39 Å². The standard InChI is InChI=1S/C19H17BrFN3O2S/c20-17-6-5-16(26-17)19(25)24-9-7-23(8-10-24)11-15-12-27-18(22-15)13-1-3-14(21)4-2-13/h1-6,12H,7-11H2. The Kier molecular flexibility index (Phi) is 5.38. The van der Waals surface area contributed by atoms with E-state index in [4.69, 9.17) is 4.42 Å². The van der Waals surface area contributed by atoms with Crippen LogP contribution in [-0.4, -0.2) is 46.9 Å². The quantitative estimate of drug-likeness (QED) is 0.596. The van der Waals surface area contributed by atoms with Gasteiger partial charge in [0.25, 0.3) is 5.91 Å². The minimum Gasteiger partial charge on any atom is -0.444 e. The summed E-state index contributed by atoms with van der Waals surface area (Å²) >= 11 is 4.78. The number of aromatic nitrogens is 1. The van der Waals surface area contributed by atoms with Crippen LogP contribution in [-0.2, 0) is 6.54 Å². The molecule has 3 heterocycles. The molecule has 4 rings (SSSR count). The normalized spacial score (nSPS) is 15.3. The number of thiazole rings is 1. The molecule has 0 spiro atoms. The van der Waals surface area contributed by atoms with Gasteiger partial charge in [-0.25, -0.2) is 9.37 Å². The molecule has 2 aromatic heterocycles. The van der Waals surface area contributed by atoms with Gasteiger partial charge >= 0.3 is 0 Å². The smallest absolute Gasteiger partial charge is 0.289 e. The Hall–Kier alpha value is -2.03. The number of nitrogens with zero attached hydrogens (tertiary/aromatic N) is 3. The molecule has 0 N–H and O–H groups in total. The second-order valence-corrected chi connectivity index (χ2v) is 7.96. The third-order valence-corrected chi connectivity index (χ3v) is 5.84. The van der Waals surface area contributed by atoms with Gasteiger partial charge in [-0.3, -0.25) is 9.69 Å². The summed E-state index contributed by atoms with van der Waals surface area (Å²) < 4.78 is 19.0. The molecule has 0 saturated carbocycles. The number of benzene rings is 1. The Labute approximate surface area is 168 Å². The predicted octanol–water partition coefficient (Wildman–Crippen LogP) is 4.26. The number of rotatable bonds is 4. The van der Waals surface area contributed by atoms with E-state index in [1.54, 1.807) is 35.6 Å². The average Bonchev–Trinajstić information content (AvgIpc) is 3.32. The van der Waals surface area contributed by atoms with Crippen LogP contribution in [0.1, 0.15) is 16.2 Å². The monoisotopic (exact) mass is 449 g/mol. The number of hydrogen-bond acceptors (Lipinski definition) is 5. The summed E-state index contributed by atoms with van der Waals surface area (Å²) in [6.45, 7) is 3.64. The highest BCUT2D eigenvalue weighted by Crippen LogP contribution is 2.25. The van der Waals surface area contributed by atoms with Crippen molar-refractivity contribution in [2.24, 2.45) is 0 Å². The van der Waals surface area contributed by atoms with E-state index in [0.29, 0.717) is 23.5 Å². The molecule has 1 aliphatic rings. The molecule has 140 valence electrons. The molecule has 0 bridgehead atoms. The summed E-state index contributed by atoms with van der Waals surface area (Å²) in [5.74, 6) is 0.0382. The number of furan rings is 1. The van der Waals surface area contributed by atoms with Gasteiger partial charge < -0.3 is 9.32 Å². The van der Waals surface area contributed by atoms with Crippen LogP contribution in [0.25, 0.3) is 10.6 Å². The second kappa shape index (κ2) is 7.92. The maximum absolute atomic E-state index is 13.1. The molecule has 1 aromatic carbocycles. The van der Waals surface area contributed by atoms with Gasteiger partial charge in [0.05, 0.1) is 5.69 Å². The molecule has 0 unspecified atom stereocenters. The lowest BCUT2D eigenvalue weighted by molar-refractivity contribution is 0.0595. The zero-order valence-corrected chi connectivity index (χ0v) is 16.8. The lowest BCUT2D eigenvalue weighted by Crippen LogP contribution is -2.48. The highest BCUT2D eigenvalue weighted by atomic mass is 79.9. The Bertz CT molecular complexity index is 933. The van der Waals surface area contributed by atoms with Crippen molar-refractivity contribution in [2.45, 2.75) is 6.54 Å². The van der Waals surface area contributed by atoms with Crippen molar-refractivity contribution in [3.63, 3.8) is 0 Å². The summed E-state index contributed by atoms with van der Waals surface area (Å²) in [6.07, 6.45) is 0. The Morgan fingerprint density at radius 1 is 1.15 bits per heavy atom. The first-order chi connectivity index (χ1) is 13.1. The molecule has 27 heavy (non-hydrogen) atoms. The molecule has 0 radical (unpaired) electrons. The van der Waals surface area contributed by atoms with Gasteiger partial charge in [-0.05, 0) is 52.3 Å². The average molecular weight is 450 g/mol. The van der Waals surface area contributed by atoms with E-state index in [-0.39, 0.29) is 11.7 Å². The summed E-state index contributed by atoms with van der Waals surface area (Å²) in [5, 5.41) is 2.93. The Balaban J connectivity index is 1.33.